The zero-order chi connectivity index (χ0) is 20.7. The van der Waals surface area contributed by atoms with E-state index in [1.165, 1.54) is 39.8 Å². The highest BCUT2D eigenvalue weighted by molar-refractivity contribution is 5.79. The van der Waals surface area contributed by atoms with E-state index in [4.69, 9.17) is 4.74 Å². The van der Waals surface area contributed by atoms with Gasteiger partial charge in [0.1, 0.15) is 6.61 Å². The van der Waals surface area contributed by atoms with Crippen molar-refractivity contribution in [2.75, 3.05) is 6.61 Å². The fourth-order valence-corrected chi connectivity index (χ4v) is 5.59. The van der Waals surface area contributed by atoms with Gasteiger partial charge in [-0.15, -0.1) is 0 Å². The molecule has 1 saturated heterocycles. The van der Waals surface area contributed by atoms with Gasteiger partial charge in [0.15, 0.2) is 0 Å². The van der Waals surface area contributed by atoms with Crippen LogP contribution in [-0.4, -0.2) is 29.7 Å². The molecule has 0 radical (unpaired) electrons. The van der Waals surface area contributed by atoms with Crippen LogP contribution in [0.4, 0.5) is 4.79 Å². The van der Waals surface area contributed by atoms with Crippen LogP contribution in [0.1, 0.15) is 56.1 Å². The van der Waals surface area contributed by atoms with E-state index in [0.717, 1.165) is 25.7 Å². The molecule has 2 atom stereocenters. The van der Waals surface area contributed by atoms with Gasteiger partial charge >= 0.3 is 6.09 Å². The fraction of sp³-hybridized carbons (Fsp3) is 0.370. The van der Waals surface area contributed by atoms with Crippen molar-refractivity contribution in [3.8, 4) is 11.1 Å². The predicted molar refractivity (Wildman–Crippen MR) is 120 cm³/mol. The number of hydrogen-bond acceptors (Lipinski definition) is 2. The smallest absolute Gasteiger partial charge is 0.410 e. The lowest BCUT2D eigenvalue weighted by Crippen LogP contribution is -2.52. The molecule has 3 aliphatic rings. The quantitative estimate of drug-likeness (QED) is 0.553. The molecule has 2 unspecified atom stereocenters. The number of amides is 1. The molecule has 0 saturated carbocycles. The first-order chi connectivity index (χ1) is 14.6. The van der Waals surface area contributed by atoms with Gasteiger partial charge in [-0.2, -0.15) is 0 Å². The van der Waals surface area contributed by atoms with E-state index in [9.17, 15) is 4.79 Å². The second-order valence-electron chi connectivity index (χ2n) is 9.03. The Morgan fingerprint density at radius 2 is 1.73 bits per heavy atom. The van der Waals surface area contributed by atoms with Crippen molar-refractivity contribution in [2.45, 2.75) is 57.0 Å². The number of piperidine rings is 1. The number of nitrogens with zero attached hydrogens (tertiary/aromatic N) is 1. The van der Waals surface area contributed by atoms with E-state index in [1.807, 2.05) is 4.90 Å². The molecule has 1 aliphatic carbocycles. The maximum atomic E-state index is 13.2. The molecule has 0 N–H and O–H groups in total. The lowest BCUT2D eigenvalue weighted by atomic mass is 9.83. The first-order valence-electron chi connectivity index (χ1n) is 11.1. The molecule has 1 amide bonds. The number of carbonyl (C=O) groups excluding carboxylic acids is 1. The van der Waals surface area contributed by atoms with Crippen molar-refractivity contribution in [3.63, 3.8) is 0 Å². The Kier molecular flexibility index (Phi) is 4.98. The molecule has 30 heavy (non-hydrogen) atoms. The van der Waals surface area contributed by atoms with Crippen molar-refractivity contribution in [1.82, 2.24) is 4.90 Å². The van der Waals surface area contributed by atoms with Crippen LogP contribution in [-0.2, 0) is 4.74 Å². The van der Waals surface area contributed by atoms with Crippen molar-refractivity contribution in [2.24, 2.45) is 0 Å². The molecule has 2 heterocycles. The Morgan fingerprint density at radius 3 is 2.37 bits per heavy atom. The largest absolute Gasteiger partial charge is 0.448 e. The van der Waals surface area contributed by atoms with Crippen LogP contribution in [0.5, 0.6) is 0 Å². The third-order valence-corrected chi connectivity index (χ3v) is 6.79. The van der Waals surface area contributed by atoms with Crippen LogP contribution >= 0.6 is 0 Å². The molecule has 0 spiro atoms. The number of hydrogen-bond donors (Lipinski definition) is 0. The normalized spacial score (nSPS) is 22.2. The van der Waals surface area contributed by atoms with Crippen LogP contribution in [0.15, 0.2) is 72.3 Å². The minimum absolute atomic E-state index is 0.112. The fourth-order valence-electron chi connectivity index (χ4n) is 5.59. The Bertz CT molecular complexity index is 976. The average Bonchev–Trinajstić information content (AvgIpc) is 3.05. The number of ether oxygens (including phenoxy) is 1. The van der Waals surface area contributed by atoms with Crippen LogP contribution in [0.3, 0.4) is 0 Å². The van der Waals surface area contributed by atoms with E-state index < -0.39 is 0 Å². The zero-order valence-corrected chi connectivity index (χ0v) is 17.6. The van der Waals surface area contributed by atoms with Gasteiger partial charge in [0.25, 0.3) is 0 Å². The predicted octanol–water partition coefficient (Wildman–Crippen LogP) is 6.45. The SMILES string of the molecule is C=C(C)CC1=CC2CCCC(C1)N2C(=O)OCC1c2ccccc2-c2ccccc21. The second kappa shape index (κ2) is 7.79. The summed E-state index contributed by atoms with van der Waals surface area (Å²) in [6.45, 7) is 6.53. The number of benzene rings is 2. The molecule has 3 nitrogen and oxygen atoms in total. The molecule has 0 aromatic heterocycles. The Balaban J connectivity index is 1.33. The topological polar surface area (TPSA) is 29.5 Å². The van der Waals surface area contributed by atoms with E-state index in [1.54, 1.807) is 0 Å². The molecule has 1 fully saturated rings. The molecule has 2 aromatic rings. The summed E-state index contributed by atoms with van der Waals surface area (Å²) in [5, 5.41) is 0. The highest BCUT2D eigenvalue weighted by Gasteiger charge is 2.38. The Labute approximate surface area is 179 Å². The maximum Gasteiger partial charge on any atom is 0.410 e. The van der Waals surface area contributed by atoms with Gasteiger partial charge in [-0.1, -0.05) is 72.3 Å². The molecule has 2 bridgehead atoms. The molecule has 2 aromatic carbocycles. The van der Waals surface area contributed by atoms with Crippen molar-refractivity contribution >= 4 is 6.09 Å². The van der Waals surface area contributed by atoms with E-state index in [-0.39, 0.29) is 24.1 Å². The number of rotatable bonds is 4. The standard InChI is InChI=1S/C27H29NO2/c1-18(2)14-19-15-20-8-7-9-21(16-19)28(20)27(29)30-17-26-24-12-5-3-10-22(24)23-11-4-6-13-25(23)26/h3-6,10-13,15,20-21,26H,1,7-9,14,16-17H2,2H3. The van der Waals surface area contributed by atoms with Crippen LogP contribution in [0, 0.1) is 0 Å². The first-order valence-corrected chi connectivity index (χ1v) is 11.1. The minimum Gasteiger partial charge on any atom is -0.448 e. The lowest BCUT2D eigenvalue weighted by molar-refractivity contribution is 0.0509. The summed E-state index contributed by atoms with van der Waals surface area (Å²) in [7, 11) is 0. The summed E-state index contributed by atoms with van der Waals surface area (Å²) >= 11 is 0. The third-order valence-electron chi connectivity index (χ3n) is 6.79. The molecular weight excluding hydrogens is 370 g/mol. The lowest BCUT2D eigenvalue weighted by Gasteiger charge is -2.44. The summed E-state index contributed by atoms with van der Waals surface area (Å²) < 4.78 is 5.97. The van der Waals surface area contributed by atoms with Gasteiger partial charge in [-0.25, -0.2) is 4.79 Å². The molecule has 3 heteroatoms. The summed E-state index contributed by atoms with van der Waals surface area (Å²) in [5.74, 6) is 0.112. The molecule has 154 valence electrons. The molecule has 5 rings (SSSR count). The van der Waals surface area contributed by atoms with Crippen molar-refractivity contribution in [3.05, 3.63) is 83.5 Å². The van der Waals surface area contributed by atoms with Gasteiger partial charge in [0.05, 0.1) is 6.04 Å². The molecular formula is C27H29NO2. The summed E-state index contributed by atoms with van der Waals surface area (Å²) in [6.07, 6.45) is 7.32. The van der Waals surface area contributed by atoms with Crippen molar-refractivity contribution < 1.29 is 9.53 Å². The van der Waals surface area contributed by atoms with Gasteiger partial charge in [-0.05, 0) is 61.3 Å². The summed E-state index contributed by atoms with van der Waals surface area (Å²) in [4.78, 5) is 15.2. The van der Waals surface area contributed by atoms with E-state index >= 15 is 0 Å². The minimum atomic E-state index is -0.155. The highest BCUT2D eigenvalue weighted by atomic mass is 16.6. The Morgan fingerprint density at radius 1 is 1.07 bits per heavy atom. The number of carbonyl (C=O) groups is 1. The first kappa shape index (κ1) is 19.2. The third kappa shape index (κ3) is 3.36. The van der Waals surface area contributed by atoms with Crippen LogP contribution < -0.4 is 0 Å². The number of allylic oxidation sites excluding steroid dienone is 1. The van der Waals surface area contributed by atoms with Crippen LogP contribution in [0.2, 0.25) is 0 Å². The zero-order valence-electron chi connectivity index (χ0n) is 17.6. The van der Waals surface area contributed by atoms with Crippen LogP contribution in [0.25, 0.3) is 11.1 Å². The van der Waals surface area contributed by atoms with E-state index in [0.29, 0.717) is 6.61 Å². The summed E-state index contributed by atoms with van der Waals surface area (Å²) in [6, 6.07) is 17.4. The Hall–Kier alpha value is -2.81. The second-order valence-corrected chi connectivity index (χ2v) is 9.03. The van der Waals surface area contributed by atoms with Gasteiger partial charge in [-0.3, -0.25) is 4.90 Å². The highest BCUT2D eigenvalue weighted by Crippen LogP contribution is 2.45. The number of fused-ring (bicyclic) bond motifs is 5. The average molecular weight is 400 g/mol. The van der Waals surface area contributed by atoms with E-state index in [2.05, 4.69) is 68.1 Å². The summed E-state index contributed by atoms with van der Waals surface area (Å²) in [5.41, 5.74) is 7.66. The van der Waals surface area contributed by atoms with Gasteiger partial charge in [0.2, 0.25) is 0 Å². The van der Waals surface area contributed by atoms with Gasteiger partial charge in [0, 0.05) is 12.0 Å². The maximum absolute atomic E-state index is 13.2. The van der Waals surface area contributed by atoms with Gasteiger partial charge < -0.3 is 4.74 Å². The monoisotopic (exact) mass is 399 g/mol. The van der Waals surface area contributed by atoms with Crippen molar-refractivity contribution in [1.29, 1.82) is 0 Å². The molecule has 2 aliphatic heterocycles.